The number of rotatable bonds is 4. The van der Waals surface area contributed by atoms with E-state index in [0.717, 1.165) is 0 Å². The van der Waals surface area contributed by atoms with Crippen LogP contribution >= 0.6 is 27.5 Å². The Morgan fingerprint density at radius 1 is 1.60 bits per heavy atom. The van der Waals surface area contributed by atoms with Crippen molar-refractivity contribution in [3.8, 4) is 0 Å². The zero-order chi connectivity index (χ0) is 15.0. The molecule has 0 radical (unpaired) electrons. The lowest BCUT2D eigenvalue weighted by Crippen LogP contribution is -2.47. The van der Waals surface area contributed by atoms with Crippen LogP contribution in [0.1, 0.15) is 13.3 Å². The van der Waals surface area contributed by atoms with Gasteiger partial charge < -0.3 is 9.84 Å². The molecule has 0 aromatic heterocycles. The van der Waals surface area contributed by atoms with Crippen LogP contribution in [0.3, 0.4) is 0 Å². The number of halogens is 2. The molecular weight excluding hydrogens is 370 g/mol. The maximum Gasteiger partial charge on any atom is 0.242 e. The highest BCUT2D eigenvalue weighted by Crippen LogP contribution is 2.27. The topological polar surface area (TPSA) is 75.6 Å². The van der Waals surface area contributed by atoms with Gasteiger partial charge in [-0.3, -0.25) is 0 Å². The zero-order valence-electron chi connectivity index (χ0n) is 10.8. The van der Waals surface area contributed by atoms with Crippen LogP contribution in [0.25, 0.3) is 0 Å². The Bertz CT molecular complexity index is 609. The first-order valence-corrected chi connectivity index (χ1v) is 8.69. The minimum atomic E-state index is -3.78. The molecular formula is C12H15BrClNO4S. The Hall–Kier alpha value is -0.180. The maximum atomic E-state index is 12.2. The molecule has 2 unspecified atom stereocenters. The predicted molar refractivity (Wildman–Crippen MR) is 79.3 cm³/mol. The van der Waals surface area contributed by atoms with Crippen LogP contribution in [-0.2, 0) is 14.8 Å². The van der Waals surface area contributed by atoms with E-state index in [1.807, 2.05) is 0 Å². The molecule has 2 N–H and O–H groups in total. The van der Waals surface area contributed by atoms with E-state index in [1.165, 1.54) is 12.1 Å². The molecule has 8 heteroatoms. The quantitative estimate of drug-likeness (QED) is 0.831. The number of aliphatic hydroxyl groups is 1. The summed E-state index contributed by atoms with van der Waals surface area (Å²) < 4.78 is 32.8. The Balaban J connectivity index is 2.15. The Kier molecular flexibility index (Phi) is 4.78. The average Bonchev–Trinajstić information content (AvgIpc) is 2.68. The molecule has 0 bridgehead atoms. The molecule has 1 heterocycles. The monoisotopic (exact) mass is 383 g/mol. The molecule has 112 valence electrons. The van der Waals surface area contributed by atoms with Crippen molar-refractivity contribution in [3.05, 3.63) is 27.7 Å². The van der Waals surface area contributed by atoms with E-state index in [4.69, 9.17) is 16.3 Å². The van der Waals surface area contributed by atoms with Gasteiger partial charge in [0.25, 0.3) is 0 Å². The fourth-order valence-electron chi connectivity index (χ4n) is 1.99. The number of ether oxygens (including phenoxy) is 1. The second-order valence-electron chi connectivity index (χ2n) is 4.77. The molecule has 0 amide bonds. The lowest BCUT2D eigenvalue weighted by atomic mass is 9.97. The van der Waals surface area contributed by atoms with E-state index in [0.29, 0.717) is 17.5 Å². The third kappa shape index (κ3) is 3.35. The molecule has 5 nitrogen and oxygen atoms in total. The molecule has 1 saturated heterocycles. The highest BCUT2D eigenvalue weighted by molar-refractivity contribution is 9.10. The van der Waals surface area contributed by atoms with Gasteiger partial charge in [-0.1, -0.05) is 27.5 Å². The van der Waals surface area contributed by atoms with Crippen molar-refractivity contribution < 1.29 is 18.3 Å². The first-order valence-electron chi connectivity index (χ1n) is 6.03. The molecule has 2 rings (SSSR count). The lowest BCUT2D eigenvalue weighted by Gasteiger charge is -2.26. The molecule has 1 aliphatic rings. The van der Waals surface area contributed by atoms with Crippen LogP contribution in [0.5, 0.6) is 0 Å². The number of hydrogen-bond acceptors (Lipinski definition) is 4. The summed E-state index contributed by atoms with van der Waals surface area (Å²) in [6.07, 6.45) is -0.0179. The summed E-state index contributed by atoms with van der Waals surface area (Å²) in [6.45, 7) is 2.02. The van der Waals surface area contributed by atoms with Gasteiger partial charge in [0.2, 0.25) is 10.0 Å². The third-order valence-corrected chi connectivity index (χ3v) is 5.79. The van der Waals surface area contributed by atoms with Crippen LogP contribution in [-0.4, -0.2) is 38.4 Å². The van der Waals surface area contributed by atoms with E-state index in [2.05, 4.69) is 20.7 Å². The summed E-state index contributed by atoms with van der Waals surface area (Å²) in [7, 11) is -3.78. The minimum Gasteiger partial charge on any atom is -0.386 e. The van der Waals surface area contributed by atoms with E-state index >= 15 is 0 Å². The first-order chi connectivity index (χ1) is 9.24. The Morgan fingerprint density at radius 2 is 2.30 bits per heavy atom. The standard InChI is InChI=1S/C12H15BrClNO4S/c1-8-12(16,4-5-19-8)7-15-20(17,18)11-3-2-9(13)6-10(11)14/h2-3,6,8,15-16H,4-5,7H2,1H3. The fourth-order valence-corrected chi connectivity index (χ4v) is 4.13. The van der Waals surface area contributed by atoms with Crippen molar-refractivity contribution in [1.29, 1.82) is 0 Å². The molecule has 1 aromatic rings. The van der Waals surface area contributed by atoms with Gasteiger partial charge in [-0.05, 0) is 25.1 Å². The van der Waals surface area contributed by atoms with Crippen molar-refractivity contribution >= 4 is 37.6 Å². The zero-order valence-corrected chi connectivity index (χ0v) is 13.9. The van der Waals surface area contributed by atoms with E-state index in [9.17, 15) is 13.5 Å². The maximum absolute atomic E-state index is 12.2. The number of hydrogen-bond donors (Lipinski definition) is 2. The average molecular weight is 385 g/mol. The molecule has 1 aliphatic heterocycles. The summed E-state index contributed by atoms with van der Waals surface area (Å²) in [4.78, 5) is -0.0162. The van der Waals surface area contributed by atoms with Gasteiger partial charge in [-0.25, -0.2) is 13.1 Å². The van der Waals surface area contributed by atoms with Gasteiger partial charge in [-0.2, -0.15) is 0 Å². The Morgan fingerprint density at radius 3 is 2.85 bits per heavy atom. The van der Waals surface area contributed by atoms with Crippen molar-refractivity contribution in [2.75, 3.05) is 13.2 Å². The van der Waals surface area contributed by atoms with E-state index < -0.39 is 21.7 Å². The van der Waals surface area contributed by atoms with E-state index in [-0.39, 0.29) is 16.5 Å². The van der Waals surface area contributed by atoms with Gasteiger partial charge in [-0.15, -0.1) is 0 Å². The smallest absolute Gasteiger partial charge is 0.242 e. The summed E-state index contributed by atoms with van der Waals surface area (Å²) in [5.41, 5.74) is -1.19. The van der Waals surface area contributed by atoms with Crippen LogP contribution in [0.2, 0.25) is 5.02 Å². The summed E-state index contributed by atoms with van der Waals surface area (Å²) >= 11 is 9.15. The van der Waals surface area contributed by atoms with Crippen molar-refractivity contribution in [1.82, 2.24) is 4.72 Å². The summed E-state index contributed by atoms with van der Waals surface area (Å²) in [6, 6.07) is 4.51. The van der Waals surface area contributed by atoms with E-state index in [1.54, 1.807) is 13.0 Å². The third-order valence-electron chi connectivity index (χ3n) is 3.41. The second kappa shape index (κ2) is 5.90. The first kappa shape index (κ1) is 16.2. The van der Waals surface area contributed by atoms with Crippen LogP contribution < -0.4 is 4.72 Å². The number of sulfonamides is 1. The highest BCUT2D eigenvalue weighted by Gasteiger charge is 2.40. The molecule has 0 saturated carbocycles. The van der Waals surface area contributed by atoms with Crippen LogP contribution in [0.4, 0.5) is 0 Å². The summed E-state index contributed by atoms with van der Waals surface area (Å²) in [5.74, 6) is 0. The fraction of sp³-hybridized carbons (Fsp3) is 0.500. The van der Waals surface area contributed by atoms with Crippen molar-refractivity contribution in [3.63, 3.8) is 0 Å². The molecule has 0 aliphatic carbocycles. The molecule has 0 spiro atoms. The second-order valence-corrected chi connectivity index (χ2v) is 7.82. The summed E-state index contributed by atoms with van der Waals surface area (Å²) in [5, 5.41) is 10.4. The van der Waals surface area contributed by atoms with Gasteiger partial charge >= 0.3 is 0 Å². The van der Waals surface area contributed by atoms with Gasteiger partial charge in [0.1, 0.15) is 10.5 Å². The van der Waals surface area contributed by atoms with Crippen molar-refractivity contribution in [2.45, 2.75) is 29.9 Å². The Labute approximate surface area is 131 Å². The number of nitrogens with one attached hydrogen (secondary N) is 1. The molecule has 1 fully saturated rings. The van der Waals surface area contributed by atoms with Gasteiger partial charge in [0.15, 0.2) is 0 Å². The SMILES string of the molecule is CC1OCCC1(O)CNS(=O)(=O)c1ccc(Br)cc1Cl. The van der Waals surface area contributed by atoms with Crippen LogP contribution in [0, 0.1) is 0 Å². The number of benzene rings is 1. The molecule has 2 atom stereocenters. The normalized spacial score (nSPS) is 26.9. The van der Waals surface area contributed by atoms with Gasteiger partial charge in [0, 0.05) is 24.0 Å². The largest absolute Gasteiger partial charge is 0.386 e. The minimum absolute atomic E-state index is 0.0162. The molecule has 1 aromatic carbocycles. The van der Waals surface area contributed by atoms with Gasteiger partial charge in [0.05, 0.1) is 11.1 Å². The van der Waals surface area contributed by atoms with Crippen molar-refractivity contribution in [2.24, 2.45) is 0 Å². The molecule has 20 heavy (non-hydrogen) atoms. The predicted octanol–water partition coefficient (Wildman–Crippen LogP) is 1.92. The highest BCUT2D eigenvalue weighted by atomic mass is 79.9. The van der Waals surface area contributed by atoms with Crippen LogP contribution in [0.15, 0.2) is 27.6 Å². The lowest BCUT2D eigenvalue weighted by molar-refractivity contribution is -0.0228.